The number of anilines is 1. The van der Waals surface area contributed by atoms with Crippen molar-refractivity contribution in [2.75, 3.05) is 5.73 Å². The number of hydrogen-bond acceptors (Lipinski definition) is 2. The molecule has 0 radical (unpaired) electrons. The smallest absolute Gasteiger partial charge is 0.126 e. The molecule has 0 atom stereocenters. The Kier molecular flexibility index (Phi) is 3.36. The molecule has 2 aromatic rings. The molecule has 0 unspecified atom stereocenters. The summed E-state index contributed by atoms with van der Waals surface area (Å²) in [5, 5.41) is 4.74. The van der Waals surface area contributed by atoms with Crippen LogP contribution in [-0.2, 0) is 18.4 Å². The van der Waals surface area contributed by atoms with Gasteiger partial charge in [-0.15, -0.1) is 0 Å². The zero-order chi connectivity index (χ0) is 14.3. The number of aromatic nitrogens is 2. The molecule has 1 aromatic carbocycles. The van der Waals surface area contributed by atoms with E-state index < -0.39 is 0 Å². The van der Waals surface area contributed by atoms with Crippen LogP contribution in [0.3, 0.4) is 0 Å². The van der Waals surface area contributed by atoms with Crippen molar-refractivity contribution in [3.8, 4) is 0 Å². The Balaban J connectivity index is 1.96. The molecule has 3 rings (SSSR count). The molecule has 3 nitrogen and oxygen atoms in total. The molecular weight excluding hydrogens is 314 g/mol. The largest absolute Gasteiger partial charge is 0.384 e. The van der Waals surface area contributed by atoms with Crippen LogP contribution in [0.1, 0.15) is 43.5 Å². The van der Waals surface area contributed by atoms with E-state index in [2.05, 4.69) is 54.0 Å². The van der Waals surface area contributed by atoms with Crippen molar-refractivity contribution in [3.63, 3.8) is 0 Å². The van der Waals surface area contributed by atoms with E-state index in [1.807, 2.05) is 4.68 Å². The maximum atomic E-state index is 6.37. The molecule has 0 saturated carbocycles. The lowest BCUT2D eigenvalue weighted by Gasteiger charge is -2.29. The third kappa shape index (κ3) is 2.37. The molecule has 0 amide bonds. The molecule has 1 aliphatic rings. The van der Waals surface area contributed by atoms with Gasteiger partial charge in [-0.1, -0.05) is 41.9 Å². The Morgan fingerprint density at radius 2 is 2.00 bits per heavy atom. The topological polar surface area (TPSA) is 43.8 Å². The minimum Gasteiger partial charge on any atom is -0.384 e. The van der Waals surface area contributed by atoms with E-state index in [1.165, 1.54) is 29.7 Å². The SMILES string of the molecule is CC1(C)CCCc2nn(Cc3ccc(Br)cc3)c(N)c21. The molecule has 0 bridgehead atoms. The minimum absolute atomic E-state index is 0.148. The summed E-state index contributed by atoms with van der Waals surface area (Å²) < 4.78 is 3.05. The fourth-order valence-electron chi connectivity index (χ4n) is 3.14. The standard InChI is InChI=1S/C16H20BrN3/c1-16(2)9-3-4-13-14(16)15(18)20(19-13)10-11-5-7-12(17)8-6-11/h5-8H,3-4,9-10,18H2,1-2H3. The average molecular weight is 334 g/mol. The van der Waals surface area contributed by atoms with Crippen molar-refractivity contribution in [2.24, 2.45) is 0 Å². The lowest BCUT2D eigenvalue weighted by molar-refractivity contribution is 0.432. The highest BCUT2D eigenvalue weighted by Crippen LogP contribution is 2.39. The first-order valence-electron chi connectivity index (χ1n) is 7.07. The third-order valence-corrected chi connectivity index (χ3v) is 4.73. The van der Waals surface area contributed by atoms with Gasteiger partial charge in [-0.05, 0) is 42.4 Å². The van der Waals surface area contributed by atoms with E-state index >= 15 is 0 Å². The second kappa shape index (κ2) is 4.92. The number of aryl methyl sites for hydroxylation is 1. The fraction of sp³-hybridized carbons (Fsp3) is 0.438. The Morgan fingerprint density at radius 1 is 1.30 bits per heavy atom. The Morgan fingerprint density at radius 3 is 2.65 bits per heavy atom. The van der Waals surface area contributed by atoms with E-state index in [0.717, 1.165) is 23.3 Å². The number of benzene rings is 1. The molecule has 1 aromatic heterocycles. The maximum absolute atomic E-state index is 6.37. The van der Waals surface area contributed by atoms with Gasteiger partial charge in [0.05, 0.1) is 12.2 Å². The van der Waals surface area contributed by atoms with Crippen molar-refractivity contribution in [3.05, 3.63) is 45.6 Å². The highest BCUT2D eigenvalue weighted by Gasteiger charge is 2.33. The first-order chi connectivity index (χ1) is 9.47. The molecule has 1 aliphatic carbocycles. The van der Waals surface area contributed by atoms with Gasteiger partial charge in [0.15, 0.2) is 0 Å². The van der Waals surface area contributed by atoms with Gasteiger partial charge in [-0.2, -0.15) is 5.10 Å². The molecule has 0 aliphatic heterocycles. The first-order valence-corrected chi connectivity index (χ1v) is 7.87. The summed E-state index contributed by atoms with van der Waals surface area (Å²) >= 11 is 3.46. The number of nitrogens with zero attached hydrogens (tertiary/aromatic N) is 2. The Bertz CT molecular complexity index is 626. The molecule has 4 heteroatoms. The van der Waals surface area contributed by atoms with Crippen LogP contribution in [0.4, 0.5) is 5.82 Å². The van der Waals surface area contributed by atoms with Gasteiger partial charge in [-0.25, -0.2) is 4.68 Å². The summed E-state index contributed by atoms with van der Waals surface area (Å²) in [6.07, 6.45) is 3.44. The van der Waals surface area contributed by atoms with Crippen LogP contribution in [0.15, 0.2) is 28.7 Å². The van der Waals surface area contributed by atoms with Crippen LogP contribution in [-0.4, -0.2) is 9.78 Å². The Labute approximate surface area is 128 Å². The van der Waals surface area contributed by atoms with Gasteiger partial charge in [-0.3, -0.25) is 0 Å². The lowest BCUT2D eigenvalue weighted by atomic mass is 9.75. The summed E-state index contributed by atoms with van der Waals surface area (Å²) in [6.45, 7) is 5.28. The van der Waals surface area contributed by atoms with Gasteiger partial charge in [0, 0.05) is 10.0 Å². The van der Waals surface area contributed by atoms with Crippen molar-refractivity contribution < 1.29 is 0 Å². The van der Waals surface area contributed by atoms with Gasteiger partial charge < -0.3 is 5.73 Å². The fourth-order valence-corrected chi connectivity index (χ4v) is 3.41. The second-order valence-corrected chi connectivity index (χ2v) is 7.14. The van der Waals surface area contributed by atoms with E-state index in [4.69, 9.17) is 10.8 Å². The van der Waals surface area contributed by atoms with Crippen molar-refractivity contribution in [2.45, 2.75) is 45.1 Å². The van der Waals surface area contributed by atoms with Crippen LogP contribution in [0.25, 0.3) is 0 Å². The molecule has 106 valence electrons. The third-order valence-electron chi connectivity index (χ3n) is 4.20. The highest BCUT2D eigenvalue weighted by atomic mass is 79.9. The van der Waals surface area contributed by atoms with Gasteiger partial charge >= 0.3 is 0 Å². The van der Waals surface area contributed by atoms with Crippen LogP contribution < -0.4 is 5.73 Å². The summed E-state index contributed by atoms with van der Waals surface area (Å²) in [5.41, 5.74) is 10.2. The summed E-state index contributed by atoms with van der Waals surface area (Å²) in [7, 11) is 0. The second-order valence-electron chi connectivity index (χ2n) is 6.23. The van der Waals surface area contributed by atoms with E-state index in [1.54, 1.807) is 0 Å². The molecule has 0 spiro atoms. The number of fused-ring (bicyclic) bond motifs is 1. The van der Waals surface area contributed by atoms with E-state index in [-0.39, 0.29) is 5.41 Å². The zero-order valence-corrected chi connectivity index (χ0v) is 13.6. The number of nitrogens with two attached hydrogens (primary N) is 1. The van der Waals surface area contributed by atoms with Crippen LogP contribution in [0.5, 0.6) is 0 Å². The Hall–Kier alpha value is -1.29. The predicted molar refractivity (Wildman–Crippen MR) is 85.8 cm³/mol. The zero-order valence-electron chi connectivity index (χ0n) is 12.0. The summed E-state index contributed by atoms with van der Waals surface area (Å²) in [5.74, 6) is 0.840. The molecule has 2 N–H and O–H groups in total. The molecule has 20 heavy (non-hydrogen) atoms. The normalized spacial score (nSPS) is 16.9. The number of halogens is 1. The quantitative estimate of drug-likeness (QED) is 0.905. The van der Waals surface area contributed by atoms with Crippen molar-refractivity contribution in [1.29, 1.82) is 0 Å². The van der Waals surface area contributed by atoms with Gasteiger partial charge in [0.25, 0.3) is 0 Å². The highest BCUT2D eigenvalue weighted by molar-refractivity contribution is 9.10. The number of rotatable bonds is 2. The summed E-state index contributed by atoms with van der Waals surface area (Å²) in [4.78, 5) is 0. The number of hydrogen-bond donors (Lipinski definition) is 1. The monoisotopic (exact) mass is 333 g/mol. The van der Waals surface area contributed by atoms with Crippen LogP contribution >= 0.6 is 15.9 Å². The molecule has 0 fully saturated rings. The molecular formula is C16H20BrN3. The first kappa shape index (κ1) is 13.7. The maximum Gasteiger partial charge on any atom is 0.126 e. The molecule has 0 saturated heterocycles. The van der Waals surface area contributed by atoms with Gasteiger partial charge in [0.2, 0.25) is 0 Å². The predicted octanol–water partition coefficient (Wildman–Crippen LogP) is 3.89. The lowest BCUT2D eigenvalue weighted by Crippen LogP contribution is -2.24. The van der Waals surface area contributed by atoms with E-state index in [0.29, 0.717) is 0 Å². The summed E-state index contributed by atoms with van der Waals surface area (Å²) in [6, 6.07) is 8.32. The van der Waals surface area contributed by atoms with E-state index in [9.17, 15) is 0 Å². The number of nitrogen functional groups attached to an aromatic ring is 1. The average Bonchev–Trinajstić information content (AvgIpc) is 2.70. The van der Waals surface area contributed by atoms with Crippen molar-refractivity contribution in [1.82, 2.24) is 9.78 Å². The minimum atomic E-state index is 0.148. The van der Waals surface area contributed by atoms with Crippen LogP contribution in [0, 0.1) is 0 Å². The van der Waals surface area contributed by atoms with Crippen molar-refractivity contribution >= 4 is 21.7 Å². The van der Waals surface area contributed by atoms with Gasteiger partial charge in [0.1, 0.15) is 5.82 Å². The molecule has 1 heterocycles. The van der Waals surface area contributed by atoms with Crippen LogP contribution in [0.2, 0.25) is 0 Å².